The summed E-state index contributed by atoms with van der Waals surface area (Å²) in [5.74, 6) is 0.800. The van der Waals surface area contributed by atoms with E-state index < -0.39 is 0 Å². The van der Waals surface area contributed by atoms with E-state index in [2.05, 4.69) is 5.32 Å². The van der Waals surface area contributed by atoms with Crippen LogP contribution in [0.15, 0.2) is 18.2 Å². The van der Waals surface area contributed by atoms with Crippen LogP contribution in [-0.2, 0) is 11.4 Å². The van der Waals surface area contributed by atoms with Gasteiger partial charge in [-0.3, -0.25) is 9.69 Å². The molecule has 0 heterocycles. The summed E-state index contributed by atoms with van der Waals surface area (Å²) in [6, 6.07) is 5.10. The highest BCUT2D eigenvalue weighted by Crippen LogP contribution is 2.23. The molecule has 118 valence electrons. The molecule has 0 fully saturated rings. The van der Waals surface area contributed by atoms with Crippen LogP contribution in [-0.4, -0.2) is 42.7 Å². The smallest absolute Gasteiger partial charge is 0.241 e. The highest BCUT2D eigenvalue weighted by atomic mass is 16.5. The van der Waals surface area contributed by atoms with Crippen LogP contribution >= 0.6 is 0 Å². The van der Waals surface area contributed by atoms with Crippen molar-refractivity contribution in [1.82, 2.24) is 4.90 Å². The molecule has 1 amide bonds. The summed E-state index contributed by atoms with van der Waals surface area (Å²) in [5, 5.41) is 12.3. The number of carbonyl (C=O) groups excluding carboxylic acids is 1. The number of hydrogen-bond donors (Lipinski definition) is 2. The van der Waals surface area contributed by atoms with Gasteiger partial charge in [-0.05, 0) is 45.1 Å². The van der Waals surface area contributed by atoms with Crippen LogP contribution in [0.2, 0.25) is 0 Å². The standard InChI is InChI=1S/C16H26N2O3/c1-6-21-14-8-7-13(9-12(14)10-19)17-16(20)15(11(2)3)18(4)5/h7-9,11,15,19H,6,10H2,1-5H3,(H,17,20). The number of anilines is 1. The van der Waals surface area contributed by atoms with Crippen molar-refractivity contribution in [3.63, 3.8) is 0 Å². The molecule has 2 N–H and O–H groups in total. The third-order valence-electron chi connectivity index (χ3n) is 3.25. The topological polar surface area (TPSA) is 61.8 Å². The van der Waals surface area contributed by atoms with E-state index in [4.69, 9.17) is 4.74 Å². The maximum Gasteiger partial charge on any atom is 0.241 e. The lowest BCUT2D eigenvalue weighted by Gasteiger charge is -2.26. The van der Waals surface area contributed by atoms with E-state index in [1.807, 2.05) is 39.8 Å². The van der Waals surface area contributed by atoms with Gasteiger partial charge in [0.15, 0.2) is 0 Å². The Kier molecular flexibility index (Phi) is 6.65. The van der Waals surface area contributed by atoms with Crippen molar-refractivity contribution in [1.29, 1.82) is 0 Å². The quantitative estimate of drug-likeness (QED) is 0.808. The highest BCUT2D eigenvalue weighted by Gasteiger charge is 2.24. The Balaban J connectivity index is 2.89. The molecule has 5 nitrogen and oxygen atoms in total. The van der Waals surface area contributed by atoms with Crippen molar-refractivity contribution in [3.05, 3.63) is 23.8 Å². The third kappa shape index (κ3) is 4.72. The van der Waals surface area contributed by atoms with E-state index in [1.54, 1.807) is 18.2 Å². The summed E-state index contributed by atoms with van der Waals surface area (Å²) < 4.78 is 5.43. The fourth-order valence-corrected chi connectivity index (χ4v) is 2.43. The molecule has 0 radical (unpaired) electrons. The first-order valence-electron chi connectivity index (χ1n) is 7.24. The van der Waals surface area contributed by atoms with E-state index in [0.717, 1.165) is 0 Å². The minimum atomic E-state index is -0.200. The molecule has 0 aromatic heterocycles. The molecule has 0 bridgehead atoms. The molecular formula is C16H26N2O3. The lowest BCUT2D eigenvalue weighted by Crippen LogP contribution is -2.43. The molecule has 0 aliphatic carbocycles. The zero-order valence-electron chi connectivity index (χ0n) is 13.5. The maximum absolute atomic E-state index is 12.4. The van der Waals surface area contributed by atoms with Gasteiger partial charge in [0.25, 0.3) is 0 Å². The van der Waals surface area contributed by atoms with Crippen molar-refractivity contribution in [2.45, 2.75) is 33.4 Å². The van der Waals surface area contributed by atoms with Crippen LogP contribution in [0.4, 0.5) is 5.69 Å². The number of aliphatic hydroxyl groups is 1. The molecule has 0 aliphatic heterocycles. The van der Waals surface area contributed by atoms with E-state index in [1.165, 1.54) is 0 Å². The number of nitrogens with zero attached hydrogens (tertiary/aromatic N) is 1. The SMILES string of the molecule is CCOc1ccc(NC(=O)C(C(C)C)N(C)C)cc1CO. The van der Waals surface area contributed by atoms with Gasteiger partial charge in [0, 0.05) is 11.3 Å². The predicted molar refractivity (Wildman–Crippen MR) is 84.5 cm³/mol. The van der Waals surface area contributed by atoms with E-state index >= 15 is 0 Å². The highest BCUT2D eigenvalue weighted by molar-refractivity contribution is 5.95. The van der Waals surface area contributed by atoms with Crippen LogP contribution in [0, 0.1) is 5.92 Å². The van der Waals surface area contributed by atoms with Gasteiger partial charge in [0.05, 0.1) is 19.3 Å². The third-order valence-corrected chi connectivity index (χ3v) is 3.25. The molecule has 21 heavy (non-hydrogen) atoms. The second-order valence-corrected chi connectivity index (χ2v) is 5.56. The second kappa shape index (κ2) is 8.00. The molecule has 0 saturated heterocycles. The summed E-state index contributed by atoms with van der Waals surface area (Å²) in [5.41, 5.74) is 1.33. The lowest BCUT2D eigenvalue weighted by molar-refractivity contribution is -0.121. The molecule has 1 unspecified atom stereocenters. The Bertz CT molecular complexity index is 465. The monoisotopic (exact) mass is 294 g/mol. The van der Waals surface area contributed by atoms with E-state index in [0.29, 0.717) is 23.6 Å². The van der Waals surface area contributed by atoms with Gasteiger partial charge in [-0.15, -0.1) is 0 Å². The van der Waals surface area contributed by atoms with Crippen LogP contribution in [0.5, 0.6) is 5.75 Å². The van der Waals surface area contributed by atoms with Crippen LogP contribution in [0.1, 0.15) is 26.3 Å². The van der Waals surface area contributed by atoms with Gasteiger partial charge < -0.3 is 15.2 Å². The average Bonchev–Trinajstić information content (AvgIpc) is 2.39. The van der Waals surface area contributed by atoms with E-state index in [-0.39, 0.29) is 24.5 Å². The summed E-state index contributed by atoms with van der Waals surface area (Å²) in [6.07, 6.45) is 0. The van der Waals surface area contributed by atoms with Crippen LogP contribution in [0.3, 0.4) is 0 Å². The molecule has 0 saturated carbocycles. The summed E-state index contributed by atoms with van der Waals surface area (Å²) in [7, 11) is 3.78. The molecular weight excluding hydrogens is 268 g/mol. The van der Waals surface area contributed by atoms with Crippen LogP contribution in [0.25, 0.3) is 0 Å². The molecule has 0 spiro atoms. The van der Waals surface area contributed by atoms with Gasteiger partial charge in [-0.2, -0.15) is 0 Å². The molecule has 1 atom stereocenters. The van der Waals surface area contributed by atoms with Crippen LogP contribution < -0.4 is 10.1 Å². The lowest BCUT2D eigenvalue weighted by atomic mass is 10.0. The van der Waals surface area contributed by atoms with Gasteiger partial charge >= 0.3 is 0 Å². The summed E-state index contributed by atoms with van der Waals surface area (Å²) in [6.45, 7) is 6.33. The van der Waals surface area contributed by atoms with Crippen molar-refractivity contribution in [3.8, 4) is 5.75 Å². The van der Waals surface area contributed by atoms with Crippen molar-refractivity contribution in [2.75, 3.05) is 26.0 Å². The molecule has 0 aliphatic rings. The van der Waals surface area contributed by atoms with Crippen molar-refractivity contribution < 1.29 is 14.6 Å². The number of rotatable bonds is 7. The Hall–Kier alpha value is -1.59. The molecule has 1 rings (SSSR count). The van der Waals surface area contributed by atoms with Gasteiger partial charge in [0.1, 0.15) is 5.75 Å². The molecule has 1 aromatic rings. The number of likely N-dealkylation sites (N-methyl/N-ethyl adjacent to an activating group) is 1. The fourth-order valence-electron chi connectivity index (χ4n) is 2.43. The van der Waals surface area contributed by atoms with Gasteiger partial charge in [-0.25, -0.2) is 0 Å². The first kappa shape index (κ1) is 17.5. The first-order valence-corrected chi connectivity index (χ1v) is 7.24. The normalized spacial score (nSPS) is 12.6. The van der Waals surface area contributed by atoms with Gasteiger partial charge in [-0.1, -0.05) is 13.8 Å². The Labute approximate surface area is 126 Å². The number of aliphatic hydroxyl groups excluding tert-OH is 1. The summed E-state index contributed by atoms with van der Waals surface area (Å²) >= 11 is 0. The Morgan fingerprint density at radius 3 is 2.52 bits per heavy atom. The predicted octanol–water partition coefficient (Wildman–Crippen LogP) is 2.10. The largest absolute Gasteiger partial charge is 0.494 e. The minimum absolute atomic E-state index is 0.0527. The maximum atomic E-state index is 12.4. The zero-order valence-corrected chi connectivity index (χ0v) is 13.5. The number of ether oxygens (including phenoxy) is 1. The zero-order chi connectivity index (χ0) is 16.0. The van der Waals surface area contributed by atoms with Gasteiger partial charge in [0.2, 0.25) is 5.91 Å². The summed E-state index contributed by atoms with van der Waals surface area (Å²) in [4.78, 5) is 14.3. The number of hydrogen-bond acceptors (Lipinski definition) is 4. The molecule has 1 aromatic carbocycles. The Morgan fingerprint density at radius 2 is 2.05 bits per heavy atom. The van der Waals surface area contributed by atoms with Crippen molar-refractivity contribution >= 4 is 11.6 Å². The first-order chi connectivity index (χ1) is 9.90. The minimum Gasteiger partial charge on any atom is -0.494 e. The molecule has 5 heteroatoms. The number of carbonyl (C=O) groups is 1. The number of benzene rings is 1. The fraction of sp³-hybridized carbons (Fsp3) is 0.562. The number of amides is 1. The Morgan fingerprint density at radius 1 is 1.38 bits per heavy atom. The second-order valence-electron chi connectivity index (χ2n) is 5.56. The number of nitrogens with one attached hydrogen (secondary N) is 1. The van der Waals surface area contributed by atoms with E-state index in [9.17, 15) is 9.90 Å². The average molecular weight is 294 g/mol. The van der Waals surface area contributed by atoms with Crippen molar-refractivity contribution in [2.24, 2.45) is 5.92 Å².